The minimum Gasteiger partial charge on any atom is -0.494 e. The molecule has 6 atom stereocenters. The Labute approximate surface area is 198 Å². The summed E-state index contributed by atoms with van der Waals surface area (Å²) in [6, 6.07) is 9.81. The van der Waals surface area contributed by atoms with Crippen LogP contribution >= 0.6 is 21.0 Å². The molecule has 0 aromatic heterocycles. The maximum absolute atomic E-state index is 12.6. The van der Waals surface area contributed by atoms with Crippen LogP contribution < -0.4 is 0 Å². The van der Waals surface area contributed by atoms with Gasteiger partial charge in [-0.1, -0.05) is 67.6 Å². The average Bonchev–Trinajstić information content (AvgIpc) is 2.78. The van der Waals surface area contributed by atoms with E-state index in [9.17, 15) is 15.0 Å². The molecule has 1 aromatic rings. The zero-order valence-electron chi connectivity index (χ0n) is 18.7. The van der Waals surface area contributed by atoms with E-state index in [1.54, 1.807) is 0 Å². The third-order valence-corrected chi connectivity index (χ3v) is 7.35. The number of rotatable bonds is 12. The molecule has 4 nitrogen and oxygen atoms in total. The Kier molecular flexibility index (Phi) is 10.1. The van der Waals surface area contributed by atoms with Crippen molar-refractivity contribution in [2.24, 2.45) is 5.92 Å². The van der Waals surface area contributed by atoms with E-state index in [0.717, 1.165) is 42.6 Å². The molecule has 2 aliphatic rings. The van der Waals surface area contributed by atoms with E-state index in [0.29, 0.717) is 25.1 Å². The van der Waals surface area contributed by atoms with Crippen molar-refractivity contribution in [2.45, 2.75) is 68.6 Å². The van der Waals surface area contributed by atoms with Crippen LogP contribution in [0.2, 0.25) is 0 Å². The van der Waals surface area contributed by atoms with E-state index in [1.165, 1.54) is 11.8 Å². The maximum atomic E-state index is 12.6. The van der Waals surface area contributed by atoms with E-state index in [4.69, 9.17) is 4.74 Å². The highest BCUT2D eigenvalue weighted by molar-refractivity contribution is 8.15. The van der Waals surface area contributed by atoms with Crippen LogP contribution in [0, 0.1) is 5.92 Å². The highest BCUT2D eigenvalue weighted by atomic mass is 32.2. The van der Waals surface area contributed by atoms with Gasteiger partial charge in [-0.25, -0.2) is 0 Å². The first kappa shape index (κ1) is 25.2. The molecular weight excluding hydrogens is 439 g/mol. The van der Waals surface area contributed by atoms with Crippen LogP contribution in [-0.4, -0.2) is 45.1 Å². The third kappa shape index (κ3) is 7.59. The van der Waals surface area contributed by atoms with Gasteiger partial charge in [0, 0.05) is 16.7 Å². The second-order valence-electron chi connectivity index (χ2n) is 8.71. The number of hydrogen-bond acceptors (Lipinski definition) is 5. The molecule has 0 radical (unpaired) electrons. The van der Waals surface area contributed by atoms with E-state index in [2.05, 4.69) is 28.3 Å². The molecule has 0 bridgehead atoms. The number of fused-ring (bicyclic) bond motifs is 1. The van der Waals surface area contributed by atoms with Gasteiger partial charge in [0.25, 0.3) is 0 Å². The Morgan fingerprint density at radius 3 is 2.47 bits per heavy atom. The number of unbranched alkanes of at least 4 members (excludes halogenated alkanes) is 1. The molecule has 32 heavy (non-hydrogen) atoms. The van der Waals surface area contributed by atoms with Crippen molar-refractivity contribution in [3.8, 4) is 0 Å². The summed E-state index contributed by atoms with van der Waals surface area (Å²) >= 11 is 1.36. The number of carbonyl (C=O) groups is 1. The van der Waals surface area contributed by atoms with Crippen LogP contribution in [0.15, 0.2) is 60.4 Å². The molecule has 3 rings (SSSR count). The van der Waals surface area contributed by atoms with Gasteiger partial charge in [-0.2, -0.15) is 0 Å². The number of carbonyl (C=O) groups excluding carboxylic acids is 1. The predicted molar refractivity (Wildman–Crippen MR) is 136 cm³/mol. The van der Waals surface area contributed by atoms with Crippen molar-refractivity contribution in [3.63, 3.8) is 0 Å². The molecule has 0 amide bonds. The molecule has 0 saturated heterocycles. The molecule has 6 unspecified atom stereocenters. The maximum Gasteiger partial charge on any atom is 0.220 e. The normalized spacial score (nSPS) is 23.1. The monoisotopic (exact) mass is 474 g/mol. The summed E-state index contributed by atoms with van der Waals surface area (Å²) in [5.74, 6) is 0.987. The molecule has 1 aromatic carbocycles. The fourth-order valence-corrected chi connectivity index (χ4v) is 5.29. The largest absolute Gasteiger partial charge is 0.494 e. The number of benzene rings is 1. The molecule has 1 aliphatic carbocycles. The number of hydrogen-bond donors (Lipinski definition) is 2. The second kappa shape index (κ2) is 12.7. The molecule has 6 heteroatoms. The fourth-order valence-electron chi connectivity index (χ4n) is 3.96. The smallest absolute Gasteiger partial charge is 0.220 e. The van der Waals surface area contributed by atoms with Gasteiger partial charge in [-0.15, -0.1) is 9.24 Å². The molecule has 2 N–H and O–H groups in total. The Hall–Kier alpha value is -1.39. The van der Waals surface area contributed by atoms with E-state index < -0.39 is 12.2 Å². The zero-order chi connectivity index (χ0) is 22.9. The topological polar surface area (TPSA) is 66.8 Å². The number of ether oxygens (including phenoxy) is 1. The van der Waals surface area contributed by atoms with Crippen molar-refractivity contribution in [1.82, 2.24) is 0 Å². The van der Waals surface area contributed by atoms with Gasteiger partial charge >= 0.3 is 0 Å². The summed E-state index contributed by atoms with van der Waals surface area (Å²) in [6.07, 6.45) is 11.7. The van der Waals surface area contributed by atoms with Crippen molar-refractivity contribution in [2.75, 3.05) is 6.61 Å². The highest BCUT2D eigenvalue weighted by Crippen LogP contribution is 2.39. The first-order valence-electron chi connectivity index (χ1n) is 11.6. The van der Waals surface area contributed by atoms with Crippen molar-refractivity contribution in [3.05, 3.63) is 66.0 Å². The molecule has 1 heterocycles. The van der Waals surface area contributed by atoms with Crippen LogP contribution in [0.1, 0.15) is 51.0 Å². The minimum atomic E-state index is -0.667. The van der Waals surface area contributed by atoms with Gasteiger partial charge in [-0.3, -0.25) is 4.79 Å². The van der Waals surface area contributed by atoms with Crippen molar-refractivity contribution < 1.29 is 19.7 Å². The number of aliphatic hydroxyl groups is 2. The quantitative estimate of drug-likeness (QED) is 0.325. The van der Waals surface area contributed by atoms with Gasteiger partial charge in [0.1, 0.15) is 5.76 Å². The lowest BCUT2D eigenvalue weighted by Gasteiger charge is -2.28. The Bertz CT molecular complexity index is 833. The van der Waals surface area contributed by atoms with E-state index in [-0.39, 0.29) is 16.3 Å². The van der Waals surface area contributed by atoms with Gasteiger partial charge in [0.15, 0.2) is 0 Å². The van der Waals surface area contributed by atoms with Gasteiger partial charge in [0.05, 0.1) is 18.8 Å². The number of aliphatic hydroxyl groups excluding tert-OH is 2. The lowest BCUT2D eigenvalue weighted by molar-refractivity contribution is -0.106. The van der Waals surface area contributed by atoms with Gasteiger partial charge in [0.2, 0.25) is 5.12 Å². The molecular formula is C26H35O4PS. The Morgan fingerprint density at radius 1 is 1.03 bits per heavy atom. The van der Waals surface area contributed by atoms with Crippen molar-refractivity contribution >= 4 is 31.7 Å². The van der Waals surface area contributed by atoms with Crippen LogP contribution in [0.5, 0.6) is 0 Å². The molecule has 0 saturated carbocycles. The molecule has 1 aliphatic heterocycles. The SMILES string of the molecule is CC(P)CCCC(O)C(O)CCCCOC1=CC2SC(=O)C(c3ccccc3)=CC2C=C1. The molecule has 0 fully saturated rings. The Morgan fingerprint density at radius 2 is 1.75 bits per heavy atom. The third-order valence-electron chi connectivity index (χ3n) is 5.86. The predicted octanol–water partition coefficient (Wildman–Crippen LogP) is 5.12. The van der Waals surface area contributed by atoms with Crippen molar-refractivity contribution in [1.29, 1.82) is 0 Å². The summed E-state index contributed by atoms with van der Waals surface area (Å²) < 4.78 is 5.89. The van der Waals surface area contributed by atoms with Gasteiger partial charge < -0.3 is 14.9 Å². The average molecular weight is 475 g/mol. The summed E-state index contributed by atoms with van der Waals surface area (Å²) in [5, 5.41) is 20.4. The van der Waals surface area contributed by atoms with Crippen LogP contribution in [0.25, 0.3) is 5.57 Å². The lowest BCUT2D eigenvalue weighted by atomic mass is 9.94. The van der Waals surface area contributed by atoms with Crippen LogP contribution in [-0.2, 0) is 9.53 Å². The van der Waals surface area contributed by atoms with E-state index in [1.807, 2.05) is 42.5 Å². The van der Waals surface area contributed by atoms with E-state index >= 15 is 0 Å². The second-order valence-corrected chi connectivity index (χ2v) is 11.0. The first-order chi connectivity index (χ1) is 15.4. The van der Waals surface area contributed by atoms with Crippen LogP contribution in [0.3, 0.4) is 0 Å². The Balaban J connectivity index is 1.39. The summed E-state index contributed by atoms with van der Waals surface area (Å²) in [4.78, 5) is 12.6. The summed E-state index contributed by atoms with van der Waals surface area (Å²) in [7, 11) is 2.76. The number of allylic oxidation sites excluding steroid dienone is 3. The zero-order valence-corrected chi connectivity index (χ0v) is 20.7. The molecule has 174 valence electrons. The lowest BCUT2D eigenvalue weighted by Crippen LogP contribution is -2.26. The van der Waals surface area contributed by atoms with Crippen LogP contribution in [0.4, 0.5) is 0 Å². The first-order valence-corrected chi connectivity index (χ1v) is 13.1. The summed E-state index contributed by atoms with van der Waals surface area (Å²) in [6.45, 7) is 2.69. The standard InChI is InChI=1S/C26H35O4PS/c1-18(31)8-7-12-24(28)23(27)11-5-6-15-30-21-14-13-20-16-22(19-9-3-2-4-10-19)26(29)32-25(20)17-21/h2-4,9-10,13-14,16-18,20,23-25,27-28H,5-8,11-12,15,31H2,1H3. The summed E-state index contributed by atoms with van der Waals surface area (Å²) in [5.41, 5.74) is 2.29. The fraction of sp³-hybridized carbons (Fsp3) is 0.500. The molecule has 0 spiro atoms. The van der Waals surface area contributed by atoms with Gasteiger partial charge in [-0.05, 0) is 55.5 Å². The highest BCUT2D eigenvalue weighted by Gasteiger charge is 2.30. The minimum absolute atomic E-state index is 0.0659. The number of thioether (sulfide) groups is 1.